The molecule has 0 saturated carbocycles. The van der Waals surface area contributed by atoms with E-state index in [0.29, 0.717) is 28.8 Å². The van der Waals surface area contributed by atoms with Gasteiger partial charge in [0.2, 0.25) is 0 Å². The third-order valence-corrected chi connectivity index (χ3v) is 5.52. The van der Waals surface area contributed by atoms with Gasteiger partial charge in [0.15, 0.2) is 23.9 Å². The van der Waals surface area contributed by atoms with E-state index in [1.54, 1.807) is 30.1 Å². The zero-order chi connectivity index (χ0) is 23.5. The Morgan fingerprint density at radius 2 is 2.06 bits per heavy atom. The predicted molar refractivity (Wildman–Crippen MR) is 126 cm³/mol. The van der Waals surface area contributed by atoms with Crippen LogP contribution in [-0.4, -0.2) is 50.6 Å². The largest absolute Gasteiger partial charge is 0.493 e. The van der Waals surface area contributed by atoms with Crippen molar-refractivity contribution in [3.05, 3.63) is 52.9 Å². The second-order valence-electron chi connectivity index (χ2n) is 7.90. The van der Waals surface area contributed by atoms with Crippen molar-refractivity contribution in [2.24, 2.45) is 7.05 Å². The molecule has 10 heteroatoms. The Balaban J connectivity index is 1.54. The molecule has 4 aromatic rings. The molecule has 172 valence electrons. The average molecular weight is 469 g/mol. The van der Waals surface area contributed by atoms with Gasteiger partial charge >= 0.3 is 0 Å². The summed E-state index contributed by atoms with van der Waals surface area (Å²) in [5.41, 5.74) is 2.59. The summed E-state index contributed by atoms with van der Waals surface area (Å²) in [5.74, 6) is 2.08. The summed E-state index contributed by atoms with van der Waals surface area (Å²) in [4.78, 5) is 16.6. The Labute approximate surface area is 196 Å². The molecular formula is C23H25ClN6O3. The molecule has 1 amide bonds. The monoisotopic (exact) mass is 468 g/mol. The number of aryl methyl sites for hydroxylation is 1. The fourth-order valence-corrected chi connectivity index (χ4v) is 3.74. The molecule has 2 N–H and O–H groups in total. The molecule has 0 saturated heterocycles. The lowest BCUT2D eigenvalue weighted by atomic mass is 10.1. The van der Waals surface area contributed by atoms with Crippen LogP contribution in [-0.2, 0) is 18.3 Å². The van der Waals surface area contributed by atoms with E-state index >= 15 is 0 Å². The van der Waals surface area contributed by atoms with Gasteiger partial charge in [0.25, 0.3) is 5.91 Å². The molecule has 0 aliphatic heterocycles. The van der Waals surface area contributed by atoms with Gasteiger partial charge in [-0.2, -0.15) is 10.2 Å². The summed E-state index contributed by atoms with van der Waals surface area (Å²) in [5, 5.41) is 15.8. The van der Waals surface area contributed by atoms with Gasteiger partial charge in [-0.3, -0.25) is 14.6 Å². The van der Waals surface area contributed by atoms with E-state index in [2.05, 4.69) is 20.6 Å². The lowest BCUT2D eigenvalue weighted by Gasteiger charge is -2.12. The predicted octanol–water partition coefficient (Wildman–Crippen LogP) is 3.51. The first-order valence-electron chi connectivity index (χ1n) is 10.5. The van der Waals surface area contributed by atoms with Crippen LogP contribution in [0.3, 0.4) is 0 Å². The molecule has 2 aromatic heterocycles. The second kappa shape index (κ2) is 9.50. The molecule has 33 heavy (non-hydrogen) atoms. The molecule has 2 heterocycles. The van der Waals surface area contributed by atoms with Crippen LogP contribution in [0.25, 0.3) is 22.3 Å². The highest BCUT2D eigenvalue weighted by atomic mass is 35.5. The normalized spacial score (nSPS) is 11.2. The van der Waals surface area contributed by atoms with Crippen molar-refractivity contribution in [1.29, 1.82) is 0 Å². The first-order valence-corrected chi connectivity index (χ1v) is 10.8. The Hall–Kier alpha value is -3.59. The number of nitrogens with zero attached hydrogens (tertiary/aromatic N) is 4. The van der Waals surface area contributed by atoms with Crippen molar-refractivity contribution in [1.82, 2.24) is 30.3 Å². The molecule has 0 aliphatic carbocycles. The number of carbonyl (C=O) groups excluding carboxylic acids is 1. The summed E-state index contributed by atoms with van der Waals surface area (Å²) in [6, 6.07) is 9.33. The van der Waals surface area contributed by atoms with Crippen molar-refractivity contribution in [3.63, 3.8) is 0 Å². The van der Waals surface area contributed by atoms with Crippen LogP contribution < -0.4 is 14.8 Å². The van der Waals surface area contributed by atoms with Crippen LogP contribution in [0.2, 0.25) is 5.02 Å². The summed E-state index contributed by atoms with van der Waals surface area (Å²) >= 11 is 6.57. The number of halogens is 1. The fraction of sp³-hybridized carbons (Fsp3) is 0.304. The zero-order valence-electron chi connectivity index (χ0n) is 18.8. The Morgan fingerprint density at radius 3 is 2.82 bits per heavy atom. The highest BCUT2D eigenvalue weighted by molar-refractivity contribution is 6.36. The first-order chi connectivity index (χ1) is 15.9. The van der Waals surface area contributed by atoms with E-state index in [1.807, 2.05) is 39.1 Å². The molecule has 0 bridgehead atoms. The van der Waals surface area contributed by atoms with Crippen molar-refractivity contribution < 1.29 is 14.3 Å². The van der Waals surface area contributed by atoms with Crippen LogP contribution in [0.5, 0.6) is 11.5 Å². The number of ether oxygens (including phenoxy) is 2. The number of aromatic nitrogens is 5. The minimum atomic E-state index is -0.195. The Morgan fingerprint density at radius 1 is 1.24 bits per heavy atom. The van der Waals surface area contributed by atoms with Crippen LogP contribution >= 0.6 is 11.6 Å². The molecule has 9 nitrogen and oxygen atoms in total. The zero-order valence-corrected chi connectivity index (χ0v) is 19.6. The number of aromatic amines is 1. The number of amides is 1. The van der Waals surface area contributed by atoms with E-state index in [1.165, 1.54) is 0 Å². The number of fused-ring (bicyclic) bond motifs is 1. The van der Waals surface area contributed by atoms with E-state index in [4.69, 9.17) is 26.1 Å². The van der Waals surface area contributed by atoms with Crippen LogP contribution in [0.4, 0.5) is 0 Å². The number of hydrogen-bond donors (Lipinski definition) is 2. The van der Waals surface area contributed by atoms with Gasteiger partial charge in [-0.1, -0.05) is 17.7 Å². The lowest BCUT2D eigenvalue weighted by molar-refractivity contribution is -0.123. The van der Waals surface area contributed by atoms with Crippen molar-refractivity contribution >= 4 is 28.4 Å². The number of H-pyrrole nitrogens is 1. The van der Waals surface area contributed by atoms with E-state index in [9.17, 15) is 4.79 Å². The highest BCUT2D eigenvalue weighted by Crippen LogP contribution is 2.32. The number of methoxy groups -OCH3 is 1. The van der Waals surface area contributed by atoms with Gasteiger partial charge in [-0.25, -0.2) is 4.98 Å². The number of rotatable bonds is 8. The van der Waals surface area contributed by atoms with Gasteiger partial charge in [-0.05, 0) is 43.7 Å². The molecular weight excluding hydrogens is 444 g/mol. The molecule has 2 aromatic carbocycles. The number of carbonyl (C=O) groups is 1. The number of nitrogens with one attached hydrogen (secondary N) is 2. The first kappa shape index (κ1) is 22.6. The lowest BCUT2D eigenvalue weighted by Crippen LogP contribution is -2.34. The van der Waals surface area contributed by atoms with Gasteiger partial charge in [0, 0.05) is 30.5 Å². The van der Waals surface area contributed by atoms with Crippen LogP contribution in [0, 0.1) is 0 Å². The summed E-state index contributed by atoms with van der Waals surface area (Å²) in [7, 11) is 3.39. The van der Waals surface area contributed by atoms with E-state index < -0.39 is 0 Å². The minimum Gasteiger partial charge on any atom is -0.493 e. The molecule has 0 radical (unpaired) electrons. The van der Waals surface area contributed by atoms with Crippen molar-refractivity contribution in [3.8, 4) is 22.9 Å². The quantitative estimate of drug-likeness (QED) is 0.409. The maximum Gasteiger partial charge on any atom is 0.258 e. The summed E-state index contributed by atoms with van der Waals surface area (Å²) < 4.78 is 12.8. The Kier molecular flexibility index (Phi) is 6.50. The van der Waals surface area contributed by atoms with E-state index in [-0.39, 0.29) is 18.6 Å². The average Bonchev–Trinajstić information content (AvgIpc) is 3.41. The van der Waals surface area contributed by atoms with Gasteiger partial charge in [0.05, 0.1) is 23.8 Å². The SMILES string of the molecule is COc1cc(-c2nc(Cc3ccc4[nH]ncc4c3Cl)n(C)n2)ccc1OCC(=O)NC(C)C. The number of hydrogen-bond acceptors (Lipinski definition) is 6. The van der Waals surface area contributed by atoms with Crippen molar-refractivity contribution in [2.75, 3.05) is 13.7 Å². The molecule has 0 fully saturated rings. The molecule has 0 unspecified atom stereocenters. The van der Waals surface area contributed by atoms with Crippen LogP contribution in [0.1, 0.15) is 25.2 Å². The fourth-order valence-electron chi connectivity index (χ4n) is 3.46. The maximum atomic E-state index is 11.9. The Bertz CT molecular complexity index is 1300. The van der Waals surface area contributed by atoms with E-state index in [0.717, 1.165) is 27.9 Å². The molecule has 0 spiro atoms. The minimum absolute atomic E-state index is 0.0475. The molecule has 4 rings (SSSR count). The van der Waals surface area contributed by atoms with Crippen LogP contribution in [0.15, 0.2) is 36.5 Å². The van der Waals surface area contributed by atoms with Gasteiger partial charge in [0.1, 0.15) is 5.82 Å². The summed E-state index contributed by atoms with van der Waals surface area (Å²) in [6.07, 6.45) is 2.23. The second-order valence-corrected chi connectivity index (χ2v) is 8.28. The molecule has 0 aliphatic rings. The van der Waals surface area contributed by atoms with Gasteiger partial charge < -0.3 is 14.8 Å². The standard InChI is InChI=1S/C23H25ClN6O3/c1-13(2)26-21(31)12-33-18-8-6-15(9-19(18)32-4)23-27-20(30(3)29-23)10-14-5-7-17-16(22(14)24)11-25-28-17/h5-9,11,13H,10,12H2,1-4H3,(H,25,28)(H,26,31). The maximum absolute atomic E-state index is 11.9. The van der Waals surface area contributed by atoms with Crippen molar-refractivity contribution in [2.45, 2.75) is 26.3 Å². The number of benzene rings is 2. The topological polar surface area (TPSA) is 107 Å². The third kappa shape index (κ3) is 4.93. The van der Waals surface area contributed by atoms with Gasteiger partial charge in [-0.15, -0.1) is 0 Å². The third-order valence-electron chi connectivity index (χ3n) is 5.07. The smallest absolute Gasteiger partial charge is 0.258 e. The molecule has 0 atom stereocenters. The summed E-state index contributed by atoms with van der Waals surface area (Å²) in [6.45, 7) is 3.69. The highest BCUT2D eigenvalue weighted by Gasteiger charge is 2.16.